The minimum Gasteiger partial charge on any atom is -0.352 e. The van der Waals surface area contributed by atoms with Gasteiger partial charge in [-0.1, -0.05) is 18.2 Å². The van der Waals surface area contributed by atoms with Gasteiger partial charge in [0.2, 0.25) is 11.8 Å². The molecule has 0 unspecified atom stereocenters. The Bertz CT molecular complexity index is 998. The summed E-state index contributed by atoms with van der Waals surface area (Å²) in [5.41, 5.74) is 6.09. The summed E-state index contributed by atoms with van der Waals surface area (Å²) in [7, 11) is 0. The van der Waals surface area contributed by atoms with Crippen LogP contribution in [0, 0.1) is 0 Å². The predicted octanol–water partition coefficient (Wildman–Crippen LogP) is 5.13. The maximum absolute atomic E-state index is 11.5. The summed E-state index contributed by atoms with van der Waals surface area (Å²) in [6, 6.07) is 21.5. The van der Waals surface area contributed by atoms with E-state index in [-0.39, 0.29) is 11.8 Å². The molecule has 3 aromatic carbocycles. The first-order valence-electron chi connectivity index (χ1n) is 8.97. The van der Waals surface area contributed by atoms with Gasteiger partial charge in [-0.2, -0.15) is 0 Å². The average molecular weight is 372 g/mol. The molecular formula is C22H20N4O2. The zero-order valence-electron chi connectivity index (χ0n) is 15.6. The van der Waals surface area contributed by atoms with E-state index < -0.39 is 0 Å². The summed E-state index contributed by atoms with van der Waals surface area (Å²) < 4.78 is 0. The van der Waals surface area contributed by atoms with Crippen LogP contribution in [-0.4, -0.2) is 11.8 Å². The minimum atomic E-state index is -0.122. The molecule has 0 radical (unpaired) electrons. The van der Waals surface area contributed by atoms with E-state index in [9.17, 15) is 9.59 Å². The lowest BCUT2D eigenvalue weighted by atomic mass is 10.1. The molecule has 1 aliphatic heterocycles. The second-order valence-electron chi connectivity index (χ2n) is 6.62. The molecule has 1 heterocycles. The van der Waals surface area contributed by atoms with Crippen LogP contribution in [0.25, 0.3) is 0 Å². The Kier molecular flexibility index (Phi) is 4.45. The van der Waals surface area contributed by atoms with Crippen molar-refractivity contribution in [1.82, 2.24) is 0 Å². The lowest BCUT2D eigenvalue weighted by Gasteiger charge is -2.34. The summed E-state index contributed by atoms with van der Waals surface area (Å²) in [4.78, 5) is 25.1. The highest BCUT2D eigenvalue weighted by Gasteiger charge is 2.25. The summed E-state index contributed by atoms with van der Waals surface area (Å²) in [5, 5.41) is 9.11. The van der Waals surface area contributed by atoms with Gasteiger partial charge in [-0.15, -0.1) is 0 Å². The first-order chi connectivity index (χ1) is 13.5. The van der Waals surface area contributed by atoms with Crippen molar-refractivity contribution < 1.29 is 9.59 Å². The molecule has 0 aliphatic carbocycles. The molecule has 6 heteroatoms. The van der Waals surface area contributed by atoms with Gasteiger partial charge >= 0.3 is 0 Å². The molecule has 4 rings (SSSR count). The third kappa shape index (κ3) is 3.40. The SMILES string of the molecule is CC(=O)Nc1ccc2c(c1)N(c1ccccc1)c1cc(NC(C)=O)ccc1N2. The minimum absolute atomic E-state index is 0.122. The fraction of sp³-hybridized carbons (Fsp3) is 0.0909. The molecule has 0 fully saturated rings. The molecule has 6 nitrogen and oxygen atoms in total. The van der Waals surface area contributed by atoms with Crippen LogP contribution in [0.1, 0.15) is 13.8 Å². The van der Waals surface area contributed by atoms with Crippen molar-refractivity contribution in [1.29, 1.82) is 0 Å². The van der Waals surface area contributed by atoms with Crippen LogP contribution in [0.5, 0.6) is 0 Å². The Hall–Kier alpha value is -3.80. The monoisotopic (exact) mass is 372 g/mol. The first kappa shape index (κ1) is 17.6. The van der Waals surface area contributed by atoms with E-state index in [1.807, 2.05) is 66.7 Å². The van der Waals surface area contributed by atoms with E-state index in [4.69, 9.17) is 0 Å². The summed E-state index contributed by atoms with van der Waals surface area (Å²) in [6.07, 6.45) is 0. The van der Waals surface area contributed by atoms with Crippen LogP contribution >= 0.6 is 0 Å². The van der Waals surface area contributed by atoms with Gasteiger partial charge in [0.1, 0.15) is 0 Å². The summed E-state index contributed by atoms with van der Waals surface area (Å²) in [5.74, 6) is -0.244. The highest BCUT2D eigenvalue weighted by Crippen LogP contribution is 2.49. The van der Waals surface area contributed by atoms with Crippen molar-refractivity contribution in [2.75, 3.05) is 20.9 Å². The molecule has 1 aliphatic rings. The normalized spacial score (nSPS) is 11.7. The van der Waals surface area contributed by atoms with Gasteiger partial charge in [0, 0.05) is 30.9 Å². The number of nitrogens with zero attached hydrogens (tertiary/aromatic N) is 1. The Morgan fingerprint density at radius 1 is 0.750 bits per heavy atom. The second kappa shape index (κ2) is 7.08. The maximum Gasteiger partial charge on any atom is 0.221 e. The number of para-hydroxylation sites is 1. The Balaban J connectivity index is 1.88. The molecule has 0 spiro atoms. The van der Waals surface area contributed by atoms with Crippen molar-refractivity contribution in [2.24, 2.45) is 0 Å². The molecule has 0 saturated heterocycles. The lowest BCUT2D eigenvalue weighted by molar-refractivity contribution is -0.115. The lowest BCUT2D eigenvalue weighted by Crippen LogP contribution is -2.19. The zero-order valence-corrected chi connectivity index (χ0v) is 15.6. The third-order valence-electron chi connectivity index (χ3n) is 4.40. The Morgan fingerprint density at radius 3 is 1.71 bits per heavy atom. The number of nitrogens with one attached hydrogen (secondary N) is 3. The molecule has 0 saturated carbocycles. The third-order valence-corrected chi connectivity index (χ3v) is 4.40. The van der Waals surface area contributed by atoms with Gasteiger partial charge in [0.25, 0.3) is 0 Å². The largest absolute Gasteiger partial charge is 0.352 e. The van der Waals surface area contributed by atoms with E-state index >= 15 is 0 Å². The number of anilines is 7. The van der Waals surface area contributed by atoms with Crippen LogP contribution in [0.4, 0.5) is 39.8 Å². The molecule has 3 N–H and O–H groups in total. The zero-order chi connectivity index (χ0) is 19.7. The van der Waals surface area contributed by atoms with Crippen LogP contribution in [0.15, 0.2) is 66.7 Å². The van der Waals surface area contributed by atoms with Crippen LogP contribution in [0.2, 0.25) is 0 Å². The second-order valence-corrected chi connectivity index (χ2v) is 6.62. The van der Waals surface area contributed by atoms with Gasteiger partial charge in [0.05, 0.1) is 22.7 Å². The van der Waals surface area contributed by atoms with Crippen LogP contribution < -0.4 is 20.9 Å². The van der Waals surface area contributed by atoms with Crippen LogP contribution in [0.3, 0.4) is 0 Å². The van der Waals surface area contributed by atoms with E-state index in [2.05, 4.69) is 20.9 Å². The Morgan fingerprint density at radius 2 is 1.25 bits per heavy atom. The average Bonchev–Trinajstić information content (AvgIpc) is 2.66. The van der Waals surface area contributed by atoms with E-state index in [1.165, 1.54) is 13.8 Å². The van der Waals surface area contributed by atoms with Crippen molar-refractivity contribution in [2.45, 2.75) is 13.8 Å². The molecule has 28 heavy (non-hydrogen) atoms. The number of fused-ring (bicyclic) bond motifs is 2. The number of carbonyl (C=O) groups is 2. The van der Waals surface area contributed by atoms with Crippen molar-refractivity contribution in [3.63, 3.8) is 0 Å². The standard InChI is InChI=1S/C22H20N4O2/c1-14(27)23-16-8-10-19-21(12-16)26(18-6-4-3-5-7-18)22-13-17(24-15(2)28)9-11-20(22)25-19/h3-13,25H,1-2H3,(H,23,27)(H,24,28). The maximum atomic E-state index is 11.5. The van der Waals surface area contributed by atoms with Gasteiger partial charge in [0.15, 0.2) is 0 Å². The molecule has 0 aromatic heterocycles. The van der Waals surface area contributed by atoms with Gasteiger partial charge in [-0.25, -0.2) is 0 Å². The fourth-order valence-corrected chi connectivity index (χ4v) is 3.34. The molecule has 2 amide bonds. The topological polar surface area (TPSA) is 73.5 Å². The molecule has 0 bridgehead atoms. The summed E-state index contributed by atoms with van der Waals surface area (Å²) in [6.45, 7) is 2.98. The van der Waals surface area contributed by atoms with Crippen LogP contribution in [-0.2, 0) is 9.59 Å². The molecular weight excluding hydrogens is 352 g/mol. The quantitative estimate of drug-likeness (QED) is 0.466. The first-order valence-corrected chi connectivity index (χ1v) is 8.97. The number of rotatable bonds is 3. The van der Waals surface area contributed by atoms with Gasteiger partial charge in [-0.3, -0.25) is 9.59 Å². The highest BCUT2D eigenvalue weighted by atomic mass is 16.2. The van der Waals surface area contributed by atoms with Crippen molar-refractivity contribution in [3.05, 3.63) is 66.7 Å². The predicted molar refractivity (Wildman–Crippen MR) is 113 cm³/mol. The Labute approximate surface area is 163 Å². The smallest absolute Gasteiger partial charge is 0.221 e. The summed E-state index contributed by atoms with van der Waals surface area (Å²) >= 11 is 0. The molecule has 0 atom stereocenters. The molecule has 3 aromatic rings. The fourth-order valence-electron chi connectivity index (χ4n) is 3.34. The van der Waals surface area contributed by atoms with E-state index in [0.717, 1.165) is 39.8 Å². The molecule has 140 valence electrons. The van der Waals surface area contributed by atoms with E-state index in [1.54, 1.807) is 0 Å². The van der Waals surface area contributed by atoms with Gasteiger partial charge < -0.3 is 20.9 Å². The number of hydrogen-bond donors (Lipinski definition) is 3. The highest BCUT2D eigenvalue weighted by molar-refractivity contribution is 6.01. The van der Waals surface area contributed by atoms with Gasteiger partial charge in [-0.05, 0) is 48.5 Å². The number of benzene rings is 3. The number of carbonyl (C=O) groups excluding carboxylic acids is 2. The van der Waals surface area contributed by atoms with Crippen molar-refractivity contribution in [3.8, 4) is 0 Å². The van der Waals surface area contributed by atoms with E-state index in [0.29, 0.717) is 0 Å². The number of amides is 2. The number of hydrogen-bond acceptors (Lipinski definition) is 4. The van der Waals surface area contributed by atoms with Crippen molar-refractivity contribution >= 4 is 51.6 Å².